The number of halogens is 7. The minimum absolute atomic E-state index is 0.611. The predicted molar refractivity (Wildman–Crippen MR) is 43.0 cm³/mol. The summed E-state index contributed by atoms with van der Waals surface area (Å²) in [7, 11) is 0. The quantitative estimate of drug-likeness (QED) is 0.774. The molecule has 1 aromatic heterocycles. The molecule has 0 saturated carbocycles. The van der Waals surface area contributed by atoms with Gasteiger partial charge in [0.15, 0.2) is 0 Å². The van der Waals surface area contributed by atoms with E-state index < -0.39 is 35.0 Å². The SMILES string of the molecule is Cc1n[nH]c(C)c1C(F)(C(F)(F)F)C(F)(F)F. The molecule has 0 amide bonds. The lowest BCUT2D eigenvalue weighted by Gasteiger charge is -2.30. The summed E-state index contributed by atoms with van der Waals surface area (Å²) in [4.78, 5) is 0. The van der Waals surface area contributed by atoms with Crippen molar-refractivity contribution in [2.24, 2.45) is 0 Å². The molecule has 0 bridgehead atoms. The van der Waals surface area contributed by atoms with Crippen molar-refractivity contribution in [3.8, 4) is 0 Å². The number of rotatable bonds is 1. The molecular formula is C8H7F7N2. The van der Waals surface area contributed by atoms with E-state index in [1.807, 2.05) is 5.10 Å². The molecule has 98 valence electrons. The number of aryl methyl sites for hydroxylation is 2. The van der Waals surface area contributed by atoms with Gasteiger partial charge in [-0.05, 0) is 13.8 Å². The molecule has 1 heterocycles. The van der Waals surface area contributed by atoms with Crippen LogP contribution in [-0.4, -0.2) is 22.5 Å². The van der Waals surface area contributed by atoms with Gasteiger partial charge in [-0.2, -0.15) is 31.4 Å². The molecule has 1 N–H and O–H groups in total. The zero-order valence-electron chi connectivity index (χ0n) is 8.59. The second kappa shape index (κ2) is 3.61. The molecule has 1 aromatic rings. The van der Waals surface area contributed by atoms with Gasteiger partial charge in [-0.1, -0.05) is 0 Å². The molecular weight excluding hydrogens is 257 g/mol. The Balaban J connectivity index is 3.58. The first-order valence-corrected chi connectivity index (χ1v) is 4.27. The van der Waals surface area contributed by atoms with Crippen LogP contribution < -0.4 is 0 Å². The first kappa shape index (κ1) is 13.8. The predicted octanol–water partition coefficient (Wildman–Crippen LogP) is 3.32. The minimum Gasteiger partial charge on any atom is -0.282 e. The number of H-pyrrole nitrogens is 1. The second-order valence-electron chi connectivity index (χ2n) is 3.46. The van der Waals surface area contributed by atoms with Gasteiger partial charge in [-0.25, -0.2) is 4.39 Å². The lowest BCUT2D eigenvalue weighted by Crippen LogP contribution is -2.51. The van der Waals surface area contributed by atoms with Crippen LogP contribution >= 0.6 is 0 Å². The maximum Gasteiger partial charge on any atom is 0.436 e. The van der Waals surface area contributed by atoms with Crippen molar-refractivity contribution in [2.75, 3.05) is 0 Å². The molecule has 0 aromatic carbocycles. The number of aromatic amines is 1. The molecule has 0 aliphatic rings. The fourth-order valence-corrected chi connectivity index (χ4v) is 1.50. The van der Waals surface area contributed by atoms with Crippen LogP contribution in [0.2, 0.25) is 0 Å². The van der Waals surface area contributed by atoms with E-state index in [9.17, 15) is 30.7 Å². The highest BCUT2D eigenvalue weighted by Gasteiger charge is 2.74. The summed E-state index contributed by atoms with van der Waals surface area (Å²) in [6.45, 7) is 1.76. The van der Waals surface area contributed by atoms with Crippen molar-refractivity contribution in [3.63, 3.8) is 0 Å². The van der Waals surface area contributed by atoms with Crippen LogP contribution in [0, 0.1) is 13.8 Å². The molecule has 0 unspecified atom stereocenters. The minimum atomic E-state index is -6.11. The molecule has 1 rings (SSSR count). The largest absolute Gasteiger partial charge is 0.436 e. The number of aromatic nitrogens is 2. The molecule has 17 heavy (non-hydrogen) atoms. The second-order valence-corrected chi connectivity index (χ2v) is 3.46. The zero-order chi connectivity index (χ0) is 13.6. The highest BCUT2D eigenvalue weighted by molar-refractivity contribution is 5.33. The maximum atomic E-state index is 13.6. The van der Waals surface area contributed by atoms with Crippen LogP contribution in [0.25, 0.3) is 0 Å². The highest BCUT2D eigenvalue weighted by atomic mass is 19.4. The summed E-state index contributed by atoms with van der Waals surface area (Å²) in [5.74, 6) is 0. The molecule has 0 spiro atoms. The van der Waals surface area contributed by atoms with Crippen molar-refractivity contribution >= 4 is 0 Å². The Labute approximate surface area is 90.8 Å². The molecule has 0 aliphatic heterocycles. The summed E-state index contributed by atoms with van der Waals surface area (Å²) in [6, 6.07) is 0. The van der Waals surface area contributed by atoms with Crippen LogP contribution in [0.1, 0.15) is 17.0 Å². The zero-order valence-corrected chi connectivity index (χ0v) is 8.59. The summed E-state index contributed by atoms with van der Waals surface area (Å²) >= 11 is 0. The Morgan fingerprint density at radius 3 is 1.53 bits per heavy atom. The van der Waals surface area contributed by atoms with Gasteiger partial charge < -0.3 is 0 Å². The summed E-state index contributed by atoms with van der Waals surface area (Å²) < 4.78 is 87.9. The number of hydrogen-bond acceptors (Lipinski definition) is 1. The third-order valence-electron chi connectivity index (χ3n) is 2.25. The van der Waals surface area contributed by atoms with Crippen LogP contribution in [-0.2, 0) is 5.67 Å². The Kier molecular flexibility index (Phi) is 2.92. The molecule has 0 aliphatic carbocycles. The van der Waals surface area contributed by atoms with Crippen molar-refractivity contribution < 1.29 is 30.7 Å². The van der Waals surface area contributed by atoms with Gasteiger partial charge in [0.1, 0.15) is 0 Å². The Morgan fingerprint density at radius 1 is 0.882 bits per heavy atom. The van der Waals surface area contributed by atoms with Gasteiger partial charge in [-0.3, -0.25) is 5.10 Å². The molecule has 0 atom stereocenters. The first-order valence-electron chi connectivity index (χ1n) is 4.27. The average Bonchev–Trinajstić information content (AvgIpc) is 2.41. The summed E-state index contributed by atoms with van der Waals surface area (Å²) in [5, 5.41) is 5.04. The number of nitrogens with zero attached hydrogens (tertiary/aromatic N) is 1. The van der Waals surface area contributed by atoms with Gasteiger partial charge in [0.25, 0.3) is 0 Å². The van der Waals surface area contributed by atoms with E-state index in [1.54, 1.807) is 0 Å². The summed E-state index contributed by atoms with van der Waals surface area (Å²) in [5.41, 5.74) is -8.24. The molecule has 0 saturated heterocycles. The van der Waals surface area contributed by atoms with Crippen LogP contribution in [0.4, 0.5) is 30.7 Å². The van der Waals surface area contributed by atoms with Crippen LogP contribution in [0.15, 0.2) is 0 Å². The fourth-order valence-electron chi connectivity index (χ4n) is 1.50. The van der Waals surface area contributed by atoms with Crippen molar-refractivity contribution in [1.29, 1.82) is 0 Å². The third kappa shape index (κ3) is 1.87. The van der Waals surface area contributed by atoms with E-state index in [4.69, 9.17) is 0 Å². The average molecular weight is 264 g/mol. The highest BCUT2D eigenvalue weighted by Crippen LogP contribution is 2.54. The number of hydrogen-bond donors (Lipinski definition) is 1. The van der Waals surface area contributed by atoms with Crippen LogP contribution in [0.5, 0.6) is 0 Å². The normalized spacial score (nSPS) is 14.2. The summed E-state index contributed by atoms with van der Waals surface area (Å²) in [6.07, 6.45) is -12.2. The lowest BCUT2D eigenvalue weighted by atomic mass is 9.92. The Bertz CT molecular complexity index is 381. The Hall–Kier alpha value is -1.28. The Morgan fingerprint density at radius 2 is 1.29 bits per heavy atom. The number of alkyl halides is 7. The van der Waals surface area contributed by atoms with Gasteiger partial charge in [0.2, 0.25) is 0 Å². The number of nitrogens with one attached hydrogen (secondary N) is 1. The van der Waals surface area contributed by atoms with Gasteiger partial charge in [0.05, 0.1) is 11.3 Å². The van der Waals surface area contributed by atoms with Gasteiger partial charge >= 0.3 is 18.0 Å². The van der Waals surface area contributed by atoms with E-state index in [2.05, 4.69) is 5.10 Å². The van der Waals surface area contributed by atoms with Crippen molar-refractivity contribution in [3.05, 3.63) is 17.0 Å². The first-order chi connectivity index (χ1) is 7.43. The lowest BCUT2D eigenvalue weighted by molar-refractivity contribution is -0.349. The van der Waals surface area contributed by atoms with E-state index in [1.165, 1.54) is 0 Å². The third-order valence-corrected chi connectivity index (χ3v) is 2.25. The topological polar surface area (TPSA) is 28.7 Å². The molecule has 2 nitrogen and oxygen atoms in total. The fraction of sp³-hybridized carbons (Fsp3) is 0.625. The molecule has 0 fully saturated rings. The molecule has 0 radical (unpaired) electrons. The van der Waals surface area contributed by atoms with E-state index >= 15 is 0 Å². The van der Waals surface area contributed by atoms with Gasteiger partial charge in [-0.15, -0.1) is 0 Å². The smallest absolute Gasteiger partial charge is 0.282 e. The van der Waals surface area contributed by atoms with E-state index in [0.717, 1.165) is 13.8 Å². The van der Waals surface area contributed by atoms with Gasteiger partial charge in [0, 0.05) is 5.69 Å². The monoisotopic (exact) mass is 264 g/mol. The van der Waals surface area contributed by atoms with E-state index in [0.29, 0.717) is 0 Å². The van der Waals surface area contributed by atoms with Crippen molar-refractivity contribution in [2.45, 2.75) is 31.9 Å². The van der Waals surface area contributed by atoms with E-state index in [-0.39, 0.29) is 0 Å². The van der Waals surface area contributed by atoms with Crippen molar-refractivity contribution in [1.82, 2.24) is 10.2 Å². The standard InChI is InChI=1S/C8H7F7N2/c1-3-5(4(2)17-16-3)6(9,7(10,11)12)8(13,14)15/h1-2H3,(H,16,17). The van der Waals surface area contributed by atoms with Crippen LogP contribution in [0.3, 0.4) is 0 Å². The maximum absolute atomic E-state index is 13.6. The molecule has 9 heteroatoms.